The van der Waals surface area contributed by atoms with Crippen LogP contribution in [0, 0.1) is 0 Å². The van der Waals surface area contributed by atoms with Gasteiger partial charge in [-0.1, -0.05) is 30.3 Å². The molecule has 10 heteroatoms. The van der Waals surface area contributed by atoms with Crippen LogP contribution in [-0.2, 0) is 37.3 Å². The second-order valence-electron chi connectivity index (χ2n) is 8.84. The van der Waals surface area contributed by atoms with Gasteiger partial charge >= 0.3 is 5.97 Å². The summed E-state index contributed by atoms with van der Waals surface area (Å²) in [6.07, 6.45) is 7.91. The molecule has 3 heterocycles. The smallest absolute Gasteiger partial charge is 0.325 e. The number of carbonyl (C=O) groups is 2. The normalized spacial score (nSPS) is 17.0. The molecule has 1 fully saturated rings. The number of hydrogen-bond donors (Lipinski definition) is 1. The summed E-state index contributed by atoms with van der Waals surface area (Å²) in [6, 6.07) is 14.3. The van der Waals surface area contributed by atoms with E-state index in [1.807, 2.05) is 12.1 Å². The van der Waals surface area contributed by atoms with E-state index < -0.39 is 34.0 Å². The van der Waals surface area contributed by atoms with Crippen LogP contribution in [0.5, 0.6) is 0 Å². The molecule has 0 bridgehead atoms. The van der Waals surface area contributed by atoms with E-state index >= 15 is 0 Å². The van der Waals surface area contributed by atoms with Crippen molar-refractivity contribution < 1.29 is 22.7 Å². The minimum atomic E-state index is -3.90. The van der Waals surface area contributed by atoms with Crippen molar-refractivity contribution in [3.63, 3.8) is 0 Å². The maximum absolute atomic E-state index is 13.4. The zero-order chi connectivity index (χ0) is 26.1. The lowest BCUT2D eigenvalue weighted by Crippen LogP contribution is -2.50. The van der Waals surface area contributed by atoms with E-state index in [0.717, 1.165) is 11.1 Å². The molecular formula is C27H30N4O5S. The number of benzene rings is 1. The Kier molecular flexibility index (Phi) is 8.97. The molecule has 1 aromatic carbocycles. The predicted octanol–water partition coefficient (Wildman–Crippen LogP) is 2.88. The second kappa shape index (κ2) is 12.6. The van der Waals surface area contributed by atoms with Crippen LogP contribution in [0.2, 0.25) is 0 Å². The molecule has 0 aliphatic carbocycles. The summed E-state index contributed by atoms with van der Waals surface area (Å²) in [6.45, 7) is 0.441. The van der Waals surface area contributed by atoms with Crippen LogP contribution in [0.1, 0.15) is 36.8 Å². The van der Waals surface area contributed by atoms with Crippen molar-refractivity contribution in [2.75, 3.05) is 6.54 Å². The quantitative estimate of drug-likeness (QED) is 0.407. The lowest BCUT2D eigenvalue weighted by molar-refractivity contribution is -0.160. The molecule has 1 N–H and O–H groups in total. The van der Waals surface area contributed by atoms with Gasteiger partial charge in [-0.3, -0.25) is 19.6 Å². The van der Waals surface area contributed by atoms with Gasteiger partial charge in [-0.2, -0.15) is 4.31 Å². The van der Waals surface area contributed by atoms with Crippen LogP contribution in [0.4, 0.5) is 0 Å². The third kappa shape index (κ3) is 6.99. The average molecular weight is 523 g/mol. The minimum Gasteiger partial charge on any atom is -0.451 e. The SMILES string of the molecule is O=C(NCc1cccnc1)C(CCc1cccnc1)OC(=O)[C@@H]1CCCCN1S(=O)(=O)c1ccccc1. The summed E-state index contributed by atoms with van der Waals surface area (Å²) in [7, 11) is -3.90. The molecule has 1 saturated heterocycles. The number of carbonyl (C=O) groups excluding carboxylic acids is 2. The molecule has 194 valence electrons. The first kappa shape index (κ1) is 26.4. The highest BCUT2D eigenvalue weighted by Gasteiger charge is 2.40. The number of nitrogens with zero attached hydrogens (tertiary/aromatic N) is 3. The third-order valence-electron chi connectivity index (χ3n) is 6.23. The molecule has 1 aliphatic heterocycles. The Morgan fingerprint density at radius 1 is 0.973 bits per heavy atom. The van der Waals surface area contributed by atoms with Crippen molar-refractivity contribution in [1.82, 2.24) is 19.6 Å². The summed E-state index contributed by atoms with van der Waals surface area (Å²) in [5, 5.41) is 2.81. The number of rotatable bonds is 10. The molecule has 3 aromatic rings. The first-order chi connectivity index (χ1) is 17.9. The van der Waals surface area contributed by atoms with E-state index in [1.165, 1.54) is 16.4 Å². The van der Waals surface area contributed by atoms with Crippen molar-refractivity contribution in [3.8, 4) is 0 Å². The Hall–Kier alpha value is -3.63. The average Bonchev–Trinajstić information content (AvgIpc) is 2.95. The summed E-state index contributed by atoms with van der Waals surface area (Å²) >= 11 is 0. The van der Waals surface area contributed by atoms with E-state index in [9.17, 15) is 18.0 Å². The van der Waals surface area contributed by atoms with Gasteiger partial charge in [0.1, 0.15) is 6.04 Å². The lowest BCUT2D eigenvalue weighted by Gasteiger charge is -2.33. The number of pyridine rings is 2. The van der Waals surface area contributed by atoms with Gasteiger partial charge in [0.15, 0.2) is 6.10 Å². The number of aromatic nitrogens is 2. The number of hydrogen-bond acceptors (Lipinski definition) is 7. The van der Waals surface area contributed by atoms with E-state index in [2.05, 4.69) is 15.3 Å². The minimum absolute atomic E-state index is 0.122. The van der Waals surface area contributed by atoms with Crippen molar-refractivity contribution in [2.24, 2.45) is 0 Å². The van der Waals surface area contributed by atoms with E-state index in [4.69, 9.17) is 4.74 Å². The number of aryl methyl sites for hydroxylation is 1. The maximum Gasteiger partial charge on any atom is 0.325 e. The molecular weight excluding hydrogens is 492 g/mol. The number of piperidine rings is 1. The van der Waals surface area contributed by atoms with Crippen LogP contribution in [0.15, 0.2) is 84.3 Å². The highest BCUT2D eigenvalue weighted by molar-refractivity contribution is 7.89. The van der Waals surface area contributed by atoms with Crippen LogP contribution < -0.4 is 5.32 Å². The zero-order valence-electron chi connectivity index (χ0n) is 20.4. The van der Waals surface area contributed by atoms with Crippen LogP contribution in [0.3, 0.4) is 0 Å². The highest BCUT2D eigenvalue weighted by atomic mass is 32.2. The summed E-state index contributed by atoms with van der Waals surface area (Å²) < 4.78 is 33.6. The van der Waals surface area contributed by atoms with Gasteiger partial charge in [-0.25, -0.2) is 8.42 Å². The molecule has 1 unspecified atom stereocenters. The molecule has 0 spiro atoms. The number of ether oxygens (including phenoxy) is 1. The fourth-order valence-corrected chi connectivity index (χ4v) is 5.94. The van der Waals surface area contributed by atoms with Gasteiger partial charge in [-0.15, -0.1) is 0 Å². The Labute approximate surface area is 217 Å². The Morgan fingerprint density at radius 3 is 2.35 bits per heavy atom. The van der Waals surface area contributed by atoms with Gasteiger partial charge in [0.25, 0.3) is 5.91 Å². The molecule has 1 aliphatic rings. The van der Waals surface area contributed by atoms with Gasteiger partial charge in [-0.05, 0) is 67.5 Å². The van der Waals surface area contributed by atoms with Crippen molar-refractivity contribution in [1.29, 1.82) is 0 Å². The van der Waals surface area contributed by atoms with E-state index in [1.54, 1.807) is 55.1 Å². The fraction of sp³-hybridized carbons (Fsp3) is 0.333. The summed E-state index contributed by atoms with van der Waals surface area (Å²) in [4.78, 5) is 34.7. The number of nitrogens with one attached hydrogen (secondary N) is 1. The van der Waals surface area contributed by atoms with Crippen LogP contribution in [-0.4, -0.2) is 53.3 Å². The number of esters is 1. The van der Waals surface area contributed by atoms with E-state index in [-0.39, 0.29) is 24.4 Å². The fourth-order valence-electron chi connectivity index (χ4n) is 4.27. The zero-order valence-corrected chi connectivity index (χ0v) is 21.2. The van der Waals surface area contributed by atoms with Crippen molar-refractivity contribution >= 4 is 21.9 Å². The van der Waals surface area contributed by atoms with Gasteiger partial charge < -0.3 is 10.1 Å². The van der Waals surface area contributed by atoms with E-state index in [0.29, 0.717) is 25.7 Å². The van der Waals surface area contributed by atoms with Gasteiger partial charge in [0.05, 0.1) is 4.90 Å². The van der Waals surface area contributed by atoms with Crippen molar-refractivity contribution in [3.05, 3.63) is 90.5 Å². The van der Waals surface area contributed by atoms with Crippen LogP contribution >= 0.6 is 0 Å². The summed E-state index contributed by atoms with van der Waals surface area (Å²) in [5.74, 6) is -1.17. The Morgan fingerprint density at radius 2 is 1.68 bits per heavy atom. The molecule has 37 heavy (non-hydrogen) atoms. The lowest BCUT2D eigenvalue weighted by atomic mass is 10.0. The third-order valence-corrected chi connectivity index (χ3v) is 8.16. The molecule has 2 aromatic heterocycles. The second-order valence-corrected chi connectivity index (χ2v) is 10.7. The van der Waals surface area contributed by atoms with Crippen molar-refractivity contribution in [2.45, 2.75) is 55.7 Å². The van der Waals surface area contributed by atoms with Gasteiger partial charge in [0.2, 0.25) is 10.0 Å². The largest absolute Gasteiger partial charge is 0.451 e. The monoisotopic (exact) mass is 522 g/mol. The molecule has 1 amide bonds. The number of sulfonamides is 1. The first-order valence-electron chi connectivity index (χ1n) is 12.3. The van der Waals surface area contributed by atoms with Gasteiger partial charge in [0, 0.05) is 37.9 Å². The topological polar surface area (TPSA) is 119 Å². The van der Waals surface area contributed by atoms with Crippen LogP contribution in [0.25, 0.3) is 0 Å². The highest BCUT2D eigenvalue weighted by Crippen LogP contribution is 2.26. The standard InChI is InChI=1S/C27H30N4O5S/c32-26(30-20-22-9-7-16-29-19-22)25(14-13-21-8-6-15-28-18-21)36-27(33)24-12-4-5-17-31(24)37(34,35)23-10-2-1-3-11-23/h1-3,6-11,15-16,18-19,24-25H,4-5,12-14,17,20H2,(H,30,32)/t24-,25?/m0/s1. The molecule has 0 radical (unpaired) electrons. The Bertz CT molecular complexity index is 1270. The molecule has 4 rings (SSSR count). The first-order valence-corrected chi connectivity index (χ1v) is 13.7. The number of amides is 1. The predicted molar refractivity (Wildman–Crippen MR) is 136 cm³/mol. The maximum atomic E-state index is 13.4. The molecule has 9 nitrogen and oxygen atoms in total. The summed E-state index contributed by atoms with van der Waals surface area (Å²) in [5.41, 5.74) is 1.70. The molecule has 2 atom stereocenters. The Balaban J connectivity index is 1.49. The molecule has 0 saturated carbocycles.